The standard InChI is InChI=1S/C19H15F3N6O/c20-19(21,22)18-26-17(27-29-18)15-6-7-24-16(8-15)28-12-14(11-25-28)10-23-9-13-4-2-1-3-5-13/h1-8,11-12,23H,9-10H2. The van der Waals surface area contributed by atoms with Crippen molar-refractivity contribution < 1.29 is 17.7 Å². The number of hydrogen-bond acceptors (Lipinski definition) is 6. The van der Waals surface area contributed by atoms with Gasteiger partial charge in [0, 0.05) is 36.6 Å². The molecule has 29 heavy (non-hydrogen) atoms. The molecule has 148 valence electrons. The lowest BCUT2D eigenvalue weighted by atomic mass is 10.2. The van der Waals surface area contributed by atoms with Crippen LogP contribution in [0, 0.1) is 0 Å². The number of rotatable bonds is 6. The highest BCUT2D eigenvalue weighted by atomic mass is 19.4. The summed E-state index contributed by atoms with van der Waals surface area (Å²) in [6.45, 7) is 1.33. The summed E-state index contributed by atoms with van der Waals surface area (Å²) in [7, 11) is 0. The van der Waals surface area contributed by atoms with Crippen LogP contribution in [0.1, 0.15) is 17.0 Å². The average Bonchev–Trinajstić information content (AvgIpc) is 3.39. The molecule has 7 nitrogen and oxygen atoms in total. The van der Waals surface area contributed by atoms with Crippen LogP contribution in [-0.2, 0) is 19.3 Å². The van der Waals surface area contributed by atoms with Gasteiger partial charge in [-0.25, -0.2) is 9.67 Å². The first-order chi connectivity index (χ1) is 14.0. The molecule has 0 amide bonds. The fourth-order valence-corrected chi connectivity index (χ4v) is 2.66. The lowest BCUT2D eigenvalue weighted by molar-refractivity contribution is -0.159. The van der Waals surface area contributed by atoms with Crippen molar-refractivity contribution >= 4 is 0 Å². The first-order valence-corrected chi connectivity index (χ1v) is 8.65. The van der Waals surface area contributed by atoms with Crippen LogP contribution in [-0.4, -0.2) is 24.9 Å². The van der Waals surface area contributed by atoms with Gasteiger partial charge in [-0.05, 0) is 17.7 Å². The summed E-state index contributed by atoms with van der Waals surface area (Å²) in [5.41, 5.74) is 2.45. The van der Waals surface area contributed by atoms with Crippen LogP contribution >= 0.6 is 0 Å². The van der Waals surface area contributed by atoms with Gasteiger partial charge >= 0.3 is 12.1 Å². The van der Waals surface area contributed by atoms with E-state index >= 15 is 0 Å². The molecule has 0 saturated heterocycles. The minimum absolute atomic E-state index is 0.169. The van der Waals surface area contributed by atoms with Crippen LogP contribution in [0.3, 0.4) is 0 Å². The van der Waals surface area contributed by atoms with E-state index in [1.807, 2.05) is 30.3 Å². The zero-order valence-corrected chi connectivity index (χ0v) is 15.0. The third kappa shape index (κ3) is 4.49. The Labute approximate surface area is 163 Å². The smallest absolute Gasteiger partial charge is 0.329 e. The highest BCUT2D eigenvalue weighted by Gasteiger charge is 2.38. The molecule has 1 N–H and O–H groups in total. The van der Waals surface area contributed by atoms with E-state index in [9.17, 15) is 13.2 Å². The van der Waals surface area contributed by atoms with Crippen LogP contribution in [0.5, 0.6) is 0 Å². The predicted octanol–water partition coefficient (Wildman–Crippen LogP) is 3.63. The molecule has 0 unspecified atom stereocenters. The Morgan fingerprint density at radius 1 is 1.03 bits per heavy atom. The Hall–Kier alpha value is -3.53. The molecule has 0 bridgehead atoms. The highest BCUT2D eigenvalue weighted by Crippen LogP contribution is 2.29. The van der Waals surface area contributed by atoms with E-state index < -0.39 is 12.1 Å². The third-order valence-electron chi connectivity index (χ3n) is 4.04. The van der Waals surface area contributed by atoms with Gasteiger partial charge in [-0.1, -0.05) is 35.5 Å². The quantitative estimate of drug-likeness (QED) is 0.532. The molecule has 1 aromatic carbocycles. The van der Waals surface area contributed by atoms with Crippen LogP contribution in [0.25, 0.3) is 17.2 Å². The van der Waals surface area contributed by atoms with Gasteiger partial charge in [0.15, 0.2) is 5.82 Å². The van der Waals surface area contributed by atoms with Crippen molar-refractivity contribution in [3.8, 4) is 17.2 Å². The molecule has 0 fully saturated rings. The fourth-order valence-electron chi connectivity index (χ4n) is 2.66. The minimum atomic E-state index is -4.69. The highest BCUT2D eigenvalue weighted by molar-refractivity contribution is 5.56. The molecule has 0 atom stereocenters. The number of alkyl halides is 3. The van der Waals surface area contributed by atoms with Gasteiger partial charge in [-0.15, -0.1) is 0 Å². The first kappa shape index (κ1) is 18.8. The van der Waals surface area contributed by atoms with Crippen LogP contribution in [0.15, 0.2) is 65.6 Å². The van der Waals surface area contributed by atoms with Crippen molar-refractivity contribution in [2.75, 3.05) is 0 Å². The van der Waals surface area contributed by atoms with E-state index in [2.05, 4.69) is 30.1 Å². The van der Waals surface area contributed by atoms with Crippen molar-refractivity contribution in [3.63, 3.8) is 0 Å². The summed E-state index contributed by atoms with van der Waals surface area (Å²) in [6.07, 6.45) is 0.248. The molecular formula is C19H15F3N6O. The number of pyridine rings is 1. The summed E-state index contributed by atoms with van der Waals surface area (Å²) < 4.78 is 43.7. The van der Waals surface area contributed by atoms with E-state index in [0.29, 0.717) is 17.9 Å². The second kappa shape index (κ2) is 7.84. The second-order valence-corrected chi connectivity index (χ2v) is 6.21. The Balaban J connectivity index is 1.45. The molecule has 0 aliphatic rings. The number of nitrogens with zero attached hydrogens (tertiary/aromatic N) is 5. The minimum Gasteiger partial charge on any atom is -0.329 e. The largest absolute Gasteiger partial charge is 0.471 e. The van der Waals surface area contributed by atoms with Crippen molar-refractivity contribution in [1.29, 1.82) is 0 Å². The zero-order chi connectivity index (χ0) is 20.3. The van der Waals surface area contributed by atoms with Gasteiger partial charge in [0.1, 0.15) is 0 Å². The predicted molar refractivity (Wildman–Crippen MR) is 96.6 cm³/mol. The van der Waals surface area contributed by atoms with E-state index in [4.69, 9.17) is 0 Å². The number of halogens is 3. The molecule has 0 spiro atoms. The maximum atomic E-state index is 12.6. The molecule has 0 aliphatic heterocycles. The van der Waals surface area contributed by atoms with E-state index in [1.54, 1.807) is 18.5 Å². The second-order valence-electron chi connectivity index (χ2n) is 6.21. The maximum Gasteiger partial charge on any atom is 0.471 e. The molecule has 4 aromatic rings. The fraction of sp³-hybridized carbons (Fsp3) is 0.158. The summed E-state index contributed by atoms with van der Waals surface area (Å²) >= 11 is 0. The van der Waals surface area contributed by atoms with Crippen LogP contribution in [0.2, 0.25) is 0 Å². The molecule has 0 radical (unpaired) electrons. The molecule has 3 heterocycles. The Kier molecular flexibility index (Phi) is 5.09. The van der Waals surface area contributed by atoms with Crippen LogP contribution < -0.4 is 5.32 Å². The molecule has 3 aromatic heterocycles. The number of aromatic nitrogens is 5. The molecule has 10 heteroatoms. The summed E-state index contributed by atoms with van der Waals surface area (Å²) in [6, 6.07) is 13.0. The summed E-state index contributed by atoms with van der Waals surface area (Å²) in [5, 5.41) is 11.0. The Morgan fingerprint density at radius 2 is 1.83 bits per heavy atom. The van der Waals surface area contributed by atoms with E-state index in [0.717, 1.165) is 12.1 Å². The monoisotopic (exact) mass is 400 g/mol. The van der Waals surface area contributed by atoms with Gasteiger partial charge in [0.25, 0.3) is 0 Å². The maximum absolute atomic E-state index is 12.6. The zero-order valence-electron chi connectivity index (χ0n) is 15.0. The van der Waals surface area contributed by atoms with Gasteiger partial charge in [0.05, 0.1) is 6.20 Å². The number of benzene rings is 1. The summed E-state index contributed by atoms with van der Waals surface area (Å²) in [5.74, 6) is -1.13. The van der Waals surface area contributed by atoms with Gasteiger partial charge in [-0.2, -0.15) is 23.3 Å². The molecule has 0 aliphatic carbocycles. The van der Waals surface area contributed by atoms with E-state index in [-0.39, 0.29) is 5.82 Å². The normalized spacial score (nSPS) is 11.7. The van der Waals surface area contributed by atoms with Gasteiger partial charge < -0.3 is 9.84 Å². The van der Waals surface area contributed by atoms with Gasteiger partial charge in [-0.3, -0.25) is 0 Å². The lowest BCUT2D eigenvalue weighted by Gasteiger charge is -2.03. The molecule has 0 saturated carbocycles. The summed E-state index contributed by atoms with van der Waals surface area (Å²) in [4.78, 5) is 7.59. The Morgan fingerprint density at radius 3 is 2.59 bits per heavy atom. The number of nitrogens with one attached hydrogen (secondary N) is 1. The first-order valence-electron chi connectivity index (χ1n) is 8.65. The SMILES string of the molecule is FC(F)(F)c1nc(-c2ccnc(-n3cc(CNCc4ccccc4)cn3)c2)no1. The molecule has 4 rings (SSSR count). The lowest BCUT2D eigenvalue weighted by Crippen LogP contribution is -2.12. The van der Waals surface area contributed by atoms with Crippen LogP contribution in [0.4, 0.5) is 13.2 Å². The Bertz CT molecular complexity index is 1090. The van der Waals surface area contributed by atoms with Crippen molar-refractivity contribution in [2.45, 2.75) is 19.3 Å². The number of hydrogen-bond donors (Lipinski definition) is 1. The van der Waals surface area contributed by atoms with Crippen molar-refractivity contribution in [1.82, 2.24) is 30.2 Å². The molecular weight excluding hydrogens is 385 g/mol. The topological polar surface area (TPSA) is 81.7 Å². The van der Waals surface area contributed by atoms with Crippen molar-refractivity contribution in [2.24, 2.45) is 0 Å². The van der Waals surface area contributed by atoms with Crippen molar-refractivity contribution in [3.05, 3.63) is 78.1 Å². The third-order valence-corrected chi connectivity index (χ3v) is 4.04. The average molecular weight is 400 g/mol. The van der Waals surface area contributed by atoms with E-state index in [1.165, 1.54) is 22.5 Å². The van der Waals surface area contributed by atoms with Gasteiger partial charge in [0.2, 0.25) is 5.82 Å².